The predicted molar refractivity (Wildman–Crippen MR) is 69.4 cm³/mol. The van der Waals surface area contributed by atoms with Crippen LogP contribution in [0.5, 0.6) is 0 Å². The van der Waals surface area contributed by atoms with Gasteiger partial charge in [-0.25, -0.2) is 8.42 Å². The third-order valence-corrected chi connectivity index (χ3v) is 4.68. The number of aliphatic carboxylic acids is 1. The summed E-state index contributed by atoms with van der Waals surface area (Å²) in [6.45, 7) is -0.580. The van der Waals surface area contributed by atoms with E-state index in [0.717, 1.165) is 4.31 Å². The van der Waals surface area contributed by atoms with Crippen molar-refractivity contribution in [2.45, 2.75) is 5.75 Å². The van der Waals surface area contributed by atoms with E-state index in [0.29, 0.717) is 10.6 Å². The number of carboxylic acids is 1. The van der Waals surface area contributed by atoms with E-state index in [2.05, 4.69) is 0 Å². The van der Waals surface area contributed by atoms with Crippen LogP contribution in [0, 0.1) is 0 Å². The van der Waals surface area contributed by atoms with Crippen molar-refractivity contribution in [1.82, 2.24) is 4.31 Å². The molecule has 1 aromatic rings. The highest BCUT2D eigenvalue weighted by Crippen LogP contribution is 2.23. The summed E-state index contributed by atoms with van der Waals surface area (Å²) in [6.07, 6.45) is 0. The molecule has 8 heteroatoms. The fourth-order valence-corrected chi connectivity index (χ4v) is 2.69. The van der Waals surface area contributed by atoms with Crippen molar-refractivity contribution in [2.24, 2.45) is 0 Å². The molecule has 0 radical (unpaired) electrons. The third kappa shape index (κ3) is 4.13. The average molecular weight is 312 g/mol. The zero-order chi connectivity index (χ0) is 13.9. The Morgan fingerprint density at radius 1 is 1.33 bits per heavy atom. The maximum Gasteiger partial charge on any atom is 0.318 e. The highest BCUT2D eigenvalue weighted by Gasteiger charge is 2.21. The molecule has 0 spiro atoms. The largest absolute Gasteiger partial charge is 0.480 e. The first kappa shape index (κ1) is 15.2. The molecule has 100 valence electrons. The highest BCUT2D eigenvalue weighted by atomic mass is 35.5. The van der Waals surface area contributed by atoms with Crippen LogP contribution in [0.15, 0.2) is 18.2 Å². The SMILES string of the molecule is CN(CC(=O)O)S(=O)(=O)Cc1ccc(Cl)c(Cl)c1. The molecule has 0 aromatic heterocycles. The van der Waals surface area contributed by atoms with Gasteiger partial charge in [-0.15, -0.1) is 0 Å². The van der Waals surface area contributed by atoms with Crippen LogP contribution in [-0.2, 0) is 20.6 Å². The molecule has 1 rings (SSSR count). The van der Waals surface area contributed by atoms with Crippen molar-refractivity contribution >= 4 is 39.2 Å². The maximum absolute atomic E-state index is 11.8. The molecule has 0 fully saturated rings. The molecule has 0 aliphatic rings. The number of halogens is 2. The zero-order valence-electron chi connectivity index (χ0n) is 9.43. The monoisotopic (exact) mass is 311 g/mol. The molecule has 1 N–H and O–H groups in total. The van der Waals surface area contributed by atoms with Gasteiger partial charge in [0.2, 0.25) is 10.0 Å². The van der Waals surface area contributed by atoms with Gasteiger partial charge >= 0.3 is 5.97 Å². The fourth-order valence-electron chi connectivity index (χ4n) is 1.24. The molecule has 5 nitrogen and oxygen atoms in total. The lowest BCUT2D eigenvalue weighted by Crippen LogP contribution is -2.32. The molecule has 0 saturated carbocycles. The number of carbonyl (C=O) groups is 1. The van der Waals surface area contributed by atoms with Gasteiger partial charge in [-0.05, 0) is 17.7 Å². The van der Waals surface area contributed by atoms with Crippen molar-refractivity contribution in [1.29, 1.82) is 0 Å². The summed E-state index contributed by atoms with van der Waals surface area (Å²) in [4.78, 5) is 10.5. The third-order valence-electron chi connectivity index (χ3n) is 2.17. The van der Waals surface area contributed by atoms with Gasteiger partial charge in [0.25, 0.3) is 0 Å². The predicted octanol–water partition coefficient (Wildman–Crippen LogP) is 1.84. The van der Waals surface area contributed by atoms with Gasteiger partial charge in [-0.1, -0.05) is 29.3 Å². The van der Waals surface area contributed by atoms with Crippen LogP contribution in [0.1, 0.15) is 5.56 Å². The smallest absolute Gasteiger partial charge is 0.318 e. The number of hydrogen-bond acceptors (Lipinski definition) is 3. The normalized spacial score (nSPS) is 11.8. The van der Waals surface area contributed by atoms with E-state index < -0.39 is 22.5 Å². The number of carboxylic acid groups (broad SMARTS) is 1. The molecule has 0 heterocycles. The lowest BCUT2D eigenvalue weighted by molar-refractivity contribution is -0.137. The Morgan fingerprint density at radius 3 is 2.44 bits per heavy atom. The summed E-state index contributed by atoms with van der Waals surface area (Å²) in [5.74, 6) is -1.54. The van der Waals surface area contributed by atoms with E-state index in [-0.39, 0.29) is 10.8 Å². The number of rotatable bonds is 5. The molecule has 0 bridgehead atoms. The van der Waals surface area contributed by atoms with Gasteiger partial charge in [-0.2, -0.15) is 4.31 Å². The van der Waals surface area contributed by atoms with Gasteiger partial charge in [0.05, 0.1) is 15.8 Å². The summed E-state index contributed by atoms with van der Waals surface area (Å²) >= 11 is 11.5. The summed E-state index contributed by atoms with van der Waals surface area (Å²) in [5.41, 5.74) is 0.446. The topological polar surface area (TPSA) is 74.7 Å². The van der Waals surface area contributed by atoms with E-state index in [4.69, 9.17) is 28.3 Å². The minimum atomic E-state index is -3.69. The maximum atomic E-state index is 11.8. The highest BCUT2D eigenvalue weighted by molar-refractivity contribution is 7.88. The van der Waals surface area contributed by atoms with Crippen molar-refractivity contribution in [3.63, 3.8) is 0 Å². The quantitative estimate of drug-likeness (QED) is 0.900. The summed E-state index contributed by atoms with van der Waals surface area (Å²) < 4.78 is 24.4. The van der Waals surface area contributed by atoms with E-state index in [1.807, 2.05) is 0 Å². The lowest BCUT2D eigenvalue weighted by Gasteiger charge is -2.14. The number of hydrogen-bond donors (Lipinski definition) is 1. The van der Waals surface area contributed by atoms with Gasteiger partial charge in [0.15, 0.2) is 0 Å². The minimum Gasteiger partial charge on any atom is -0.480 e. The molecule has 0 atom stereocenters. The summed E-state index contributed by atoms with van der Waals surface area (Å²) in [7, 11) is -2.48. The molecule has 1 aromatic carbocycles. The molecule has 18 heavy (non-hydrogen) atoms. The summed E-state index contributed by atoms with van der Waals surface area (Å²) in [6, 6.07) is 4.46. The van der Waals surface area contributed by atoms with Crippen molar-refractivity contribution < 1.29 is 18.3 Å². The van der Waals surface area contributed by atoms with E-state index in [1.54, 1.807) is 0 Å². The van der Waals surface area contributed by atoms with Crippen molar-refractivity contribution in [3.05, 3.63) is 33.8 Å². The Balaban J connectivity index is 2.88. The van der Waals surface area contributed by atoms with Crippen LogP contribution in [0.4, 0.5) is 0 Å². The molecule has 0 aliphatic heterocycles. The van der Waals surface area contributed by atoms with E-state index in [1.165, 1.54) is 25.2 Å². The number of benzene rings is 1. The number of likely N-dealkylation sites (N-methyl/N-ethyl adjacent to an activating group) is 1. The molecule has 0 amide bonds. The standard InChI is InChI=1S/C10H11Cl2NO4S/c1-13(5-10(14)15)18(16,17)6-7-2-3-8(11)9(12)4-7/h2-4H,5-6H2,1H3,(H,14,15). The van der Waals surface area contributed by atoms with Crippen LogP contribution in [0.25, 0.3) is 0 Å². The molecular weight excluding hydrogens is 301 g/mol. The minimum absolute atomic E-state index is 0.255. The molecule has 0 saturated heterocycles. The van der Waals surface area contributed by atoms with E-state index >= 15 is 0 Å². The Kier molecular flexibility index (Phi) is 4.98. The Morgan fingerprint density at radius 2 is 1.94 bits per heavy atom. The first-order valence-corrected chi connectivity index (χ1v) is 7.18. The van der Waals surface area contributed by atoms with Crippen LogP contribution in [0.2, 0.25) is 10.0 Å². The van der Waals surface area contributed by atoms with Crippen molar-refractivity contribution in [3.8, 4) is 0 Å². The Labute approximate surface area is 115 Å². The second kappa shape index (κ2) is 5.88. The Bertz CT molecular complexity index is 559. The lowest BCUT2D eigenvalue weighted by atomic mass is 10.2. The van der Waals surface area contributed by atoms with Gasteiger partial charge in [0, 0.05) is 7.05 Å². The van der Waals surface area contributed by atoms with Gasteiger partial charge < -0.3 is 5.11 Å². The molecular formula is C10H11Cl2NO4S. The first-order chi connectivity index (χ1) is 8.22. The summed E-state index contributed by atoms with van der Waals surface area (Å²) in [5, 5.41) is 9.13. The van der Waals surface area contributed by atoms with Gasteiger partial charge in [-0.3, -0.25) is 4.79 Å². The zero-order valence-corrected chi connectivity index (χ0v) is 11.8. The first-order valence-electron chi connectivity index (χ1n) is 4.82. The molecule has 0 unspecified atom stereocenters. The van der Waals surface area contributed by atoms with Crippen LogP contribution < -0.4 is 0 Å². The Hall–Kier alpha value is -0.820. The van der Waals surface area contributed by atoms with Gasteiger partial charge in [0.1, 0.15) is 6.54 Å². The number of nitrogens with zero attached hydrogens (tertiary/aromatic N) is 1. The second-order valence-electron chi connectivity index (χ2n) is 3.65. The van der Waals surface area contributed by atoms with E-state index in [9.17, 15) is 13.2 Å². The average Bonchev–Trinajstić information content (AvgIpc) is 2.22. The second-order valence-corrected chi connectivity index (χ2v) is 6.54. The van der Waals surface area contributed by atoms with Crippen LogP contribution in [0.3, 0.4) is 0 Å². The van der Waals surface area contributed by atoms with Crippen molar-refractivity contribution in [2.75, 3.05) is 13.6 Å². The number of sulfonamides is 1. The molecule has 0 aliphatic carbocycles. The fraction of sp³-hybridized carbons (Fsp3) is 0.300. The van der Waals surface area contributed by atoms with Crippen LogP contribution >= 0.6 is 23.2 Å². The van der Waals surface area contributed by atoms with Crippen LogP contribution in [-0.4, -0.2) is 37.4 Å².